The molecular formula is C20H22N6O4. The second-order valence-corrected chi connectivity index (χ2v) is 6.92. The van der Waals surface area contributed by atoms with E-state index in [0.29, 0.717) is 17.7 Å². The minimum absolute atomic E-state index is 0.140. The van der Waals surface area contributed by atoms with Gasteiger partial charge in [-0.25, -0.2) is 9.67 Å². The number of carbonyl (C=O) groups is 1. The Kier molecular flexibility index (Phi) is 5.77. The zero-order chi connectivity index (χ0) is 22.0. The van der Waals surface area contributed by atoms with Crippen molar-refractivity contribution < 1.29 is 9.72 Å². The van der Waals surface area contributed by atoms with Crippen LogP contribution in [0.15, 0.2) is 35.1 Å². The molecule has 0 saturated carbocycles. The third kappa shape index (κ3) is 4.12. The Labute approximate surface area is 172 Å². The van der Waals surface area contributed by atoms with Crippen LogP contribution < -0.4 is 10.9 Å². The van der Waals surface area contributed by atoms with E-state index in [2.05, 4.69) is 15.4 Å². The molecule has 1 N–H and O–H groups in total. The highest BCUT2D eigenvalue weighted by Crippen LogP contribution is 2.17. The van der Waals surface area contributed by atoms with Gasteiger partial charge in [0.05, 0.1) is 16.3 Å². The topological polar surface area (TPSA) is 125 Å². The summed E-state index contributed by atoms with van der Waals surface area (Å²) in [6, 6.07) is 7.46. The number of amides is 1. The van der Waals surface area contributed by atoms with Crippen LogP contribution in [0.2, 0.25) is 0 Å². The van der Waals surface area contributed by atoms with Crippen LogP contribution in [0.3, 0.4) is 0 Å². The molecule has 3 rings (SSSR count). The normalized spacial score (nSPS) is 10.8. The molecule has 0 aliphatic rings. The van der Waals surface area contributed by atoms with Gasteiger partial charge in [-0.1, -0.05) is 13.0 Å². The lowest BCUT2D eigenvalue weighted by Crippen LogP contribution is -2.34. The van der Waals surface area contributed by atoms with Crippen molar-refractivity contribution in [3.05, 3.63) is 73.4 Å². The summed E-state index contributed by atoms with van der Waals surface area (Å²) in [4.78, 5) is 40.7. The zero-order valence-corrected chi connectivity index (χ0v) is 17.2. The fourth-order valence-corrected chi connectivity index (χ4v) is 3.27. The van der Waals surface area contributed by atoms with Crippen molar-refractivity contribution >= 4 is 17.3 Å². The van der Waals surface area contributed by atoms with Crippen LogP contribution in [0.4, 0.5) is 11.4 Å². The predicted molar refractivity (Wildman–Crippen MR) is 111 cm³/mol. The van der Waals surface area contributed by atoms with Crippen molar-refractivity contribution in [1.82, 2.24) is 19.3 Å². The Morgan fingerprint density at radius 1 is 1.23 bits per heavy atom. The molecule has 30 heavy (non-hydrogen) atoms. The van der Waals surface area contributed by atoms with Crippen molar-refractivity contribution in [3.8, 4) is 5.95 Å². The number of hydrogen-bond acceptors (Lipinski definition) is 6. The number of nitrogens with one attached hydrogen (secondary N) is 1. The number of aryl methyl sites for hydroxylation is 3. The van der Waals surface area contributed by atoms with Gasteiger partial charge in [0.1, 0.15) is 6.54 Å². The predicted octanol–water partition coefficient (Wildman–Crippen LogP) is 2.46. The van der Waals surface area contributed by atoms with Gasteiger partial charge in [-0.3, -0.25) is 24.3 Å². The van der Waals surface area contributed by atoms with Crippen molar-refractivity contribution in [2.75, 3.05) is 5.32 Å². The van der Waals surface area contributed by atoms with Gasteiger partial charge < -0.3 is 5.32 Å². The van der Waals surface area contributed by atoms with Crippen molar-refractivity contribution in [2.45, 2.75) is 40.7 Å². The lowest BCUT2D eigenvalue weighted by atomic mass is 10.2. The molecule has 0 fully saturated rings. The Morgan fingerprint density at radius 2 is 1.97 bits per heavy atom. The van der Waals surface area contributed by atoms with E-state index < -0.39 is 10.8 Å². The van der Waals surface area contributed by atoms with Crippen LogP contribution in [-0.4, -0.2) is 30.2 Å². The van der Waals surface area contributed by atoms with E-state index in [4.69, 9.17) is 0 Å². The molecule has 1 amide bonds. The number of hydrogen-bond donors (Lipinski definition) is 1. The highest BCUT2D eigenvalue weighted by molar-refractivity contribution is 5.91. The third-order valence-electron chi connectivity index (χ3n) is 4.64. The Balaban J connectivity index is 2.01. The van der Waals surface area contributed by atoms with Gasteiger partial charge in [0.15, 0.2) is 0 Å². The minimum atomic E-state index is -0.543. The molecule has 156 valence electrons. The van der Waals surface area contributed by atoms with E-state index in [1.807, 2.05) is 26.8 Å². The van der Waals surface area contributed by atoms with Crippen LogP contribution >= 0.6 is 0 Å². The highest BCUT2D eigenvalue weighted by atomic mass is 16.6. The smallest absolute Gasteiger partial charge is 0.271 e. The Hall–Kier alpha value is -3.82. The fourth-order valence-electron chi connectivity index (χ4n) is 3.27. The Morgan fingerprint density at radius 3 is 2.57 bits per heavy atom. The van der Waals surface area contributed by atoms with Crippen molar-refractivity contribution in [2.24, 2.45) is 0 Å². The lowest BCUT2D eigenvalue weighted by Gasteiger charge is -2.16. The maximum absolute atomic E-state index is 13.1. The molecule has 2 aromatic heterocycles. The number of aromatic nitrogens is 4. The second kappa shape index (κ2) is 8.27. The second-order valence-electron chi connectivity index (χ2n) is 6.92. The van der Waals surface area contributed by atoms with Crippen LogP contribution in [-0.2, 0) is 17.8 Å². The molecule has 0 aliphatic heterocycles. The van der Waals surface area contributed by atoms with E-state index in [1.54, 1.807) is 13.0 Å². The van der Waals surface area contributed by atoms with Gasteiger partial charge >= 0.3 is 0 Å². The molecule has 1 aromatic carbocycles. The standard InChI is InChI=1S/C20H22N6O4/c1-5-17-14(4)21-20(25-13(3)9-12(2)23-25)24(19(17)28)11-18(27)22-15-7-6-8-16(10-15)26(29)30/h6-10H,5,11H2,1-4H3,(H,22,27). The fraction of sp³-hybridized carbons (Fsp3) is 0.300. The molecule has 0 radical (unpaired) electrons. The number of benzene rings is 1. The minimum Gasteiger partial charge on any atom is -0.324 e. The van der Waals surface area contributed by atoms with E-state index in [9.17, 15) is 19.7 Å². The molecule has 2 heterocycles. The molecule has 0 atom stereocenters. The Bertz CT molecular complexity index is 1190. The maximum atomic E-state index is 13.1. The van der Waals surface area contributed by atoms with Gasteiger partial charge in [0.2, 0.25) is 11.9 Å². The average Bonchev–Trinajstić information content (AvgIpc) is 3.02. The number of nitro groups is 1. The number of nitro benzene ring substituents is 1. The summed E-state index contributed by atoms with van der Waals surface area (Å²) in [6.45, 7) is 6.96. The average molecular weight is 410 g/mol. The largest absolute Gasteiger partial charge is 0.324 e. The summed E-state index contributed by atoms with van der Waals surface area (Å²) in [7, 11) is 0. The van der Waals surface area contributed by atoms with Gasteiger partial charge in [-0.05, 0) is 39.3 Å². The molecular weight excluding hydrogens is 388 g/mol. The van der Waals surface area contributed by atoms with Gasteiger partial charge in [-0.15, -0.1) is 0 Å². The first kappa shape index (κ1) is 20.9. The summed E-state index contributed by atoms with van der Waals surface area (Å²) < 4.78 is 2.81. The van der Waals surface area contributed by atoms with Crippen molar-refractivity contribution in [3.63, 3.8) is 0 Å². The maximum Gasteiger partial charge on any atom is 0.271 e. The molecule has 0 saturated heterocycles. The highest BCUT2D eigenvalue weighted by Gasteiger charge is 2.19. The SMILES string of the molecule is CCc1c(C)nc(-n2nc(C)cc2C)n(CC(=O)Nc2cccc([N+](=O)[O-])c2)c1=O. The van der Waals surface area contributed by atoms with Gasteiger partial charge in [0.25, 0.3) is 11.2 Å². The molecule has 0 bridgehead atoms. The number of anilines is 1. The summed E-state index contributed by atoms with van der Waals surface area (Å²) in [6.07, 6.45) is 0.474. The third-order valence-corrected chi connectivity index (χ3v) is 4.64. The lowest BCUT2D eigenvalue weighted by molar-refractivity contribution is -0.384. The van der Waals surface area contributed by atoms with E-state index in [-0.39, 0.29) is 29.4 Å². The van der Waals surface area contributed by atoms with Gasteiger partial charge in [-0.2, -0.15) is 5.10 Å². The number of non-ortho nitro benzene ring substituents is 1. The first-order valence-electron chi connectivity index (χ1n) is 9.39. The zero-order valence-electron chi connectivity index (χ0n) is 17.2. The van der Waals surface area contributed by atoms with Gasteiger partial charge in [0, 0.05) is 29.1 Å². The molecule has 0 aliphatic carbocycles. The van der Waals surface area contributed by atoms with Crippen LogP contribution in [0, 0.1) is 30.9 Å². The molecule has 0 spiro atoms. The number of nitrogens with zero attached hydrogens (tertiary/aromatic N) is 5. The number of rotatable bonds is 6. The first-order valence-corrected chi connectivity index (χ1v) is 9.39. The molecule has 0 unspecified atom stereocenters. The first-order chi connectivity index (χ1) is 14.2. The monoisotopic (exact) mass is 410 g/mol. The molecule has 10 heteroatoms. The van der Waals surface area contributed by atoms with E-state index in [1.165, 1.54) is 27.4 Å². The van der Waals surface area contributed by atoms with Crippen LogP contribution in [0.25, 0.3) is 5.95 Å². The summed E-state index contributed by atoms with van der Waals surface area (Å²) in [5, 5.41) is 17.9. The van der Waals surface area contributed by atoms with Crippen LogP contribution in [0.1, 0.15) is 29.6 Å². The summed E-state index contributed by atoms with van der Waals surface area (Å²) in [5.74, 6) is -0.262. The molecule has 10 nitrogen and oxygen atoms in total. The molecule has 3 aromatic rings. The summed E-state index contributed by atoms with van der Waals surface area (Å²) >= 11 is 0. The van der Waals surface area contributed by atoms with E-state index >= 15 is 0 Å². The number of carbonyl (C=O) groups excluding carboxylic acids is 1. The quantitative estimate of drug-likeness (QED) is 0.492. The van der Waals surface area contributed by atoms with Crippen molar-refractivity contribution in [1.29, 1.82) is 0 Å². The summed E-state index contributed by atoms with van der Waals surface area (Å²) in [5.41, 5.74) is 2.44. The van der Waals surface area contributed by atoms with E-state index in [0.717, 1.165) is 11.4 Å². The van der Waals surface area contributed by atoms with Crippen LogP contribution in [0.5, 0.6) is 0 Å².